The number of nitrogens with zero attached hydrogens (tertiary/aromatic N) is 2. The van der Waals surface area contributed by atoms with Crippen molar-refractivity contribution in [2.75, 3.05) is 0 Å². The Balaban J connectivity index is 1.81. The Hall–Kier alpha value is -1.99. The van der Waals surface area contributed by atoms with Gasteiger partial charge >= 0.3 is 13.6 Å². The summed E-state index contributed by atoms with van der Waals surface area (Å²) in [6, 6.07) is 7.08. The van der Waals surface area contributed by atoms with E-state index >= 15 is 0 Å². The molecule has 1 aliphatic carbocycles. The number of carboxylic acids is 1. The number of H-pyrrole nitrogens is 1. The van der Waals surface area contributed by atoms with E-state index in [4.69, 9.17) is 9.79 Å². The highest BCUT2D eigenvalue weighted by Crippen LogP contribution is 2.39. The summed E-state index contributed by atoms with van der Waals surface area (Å²) in [6.45, 7) is 1.07. The van der Waals surface area contributed by atoms with Crippen molar-refractivity contribution in [2.24, 2.45) is 5.92 Å². The van der Waals surface area contributed by atoms with Gasteiger partial charge in [-0.2, -0.15) is 0 Å². The number of nitrogens with one attached hydrogen (secondary N) is 1. The first kappa shape index (κ1) is 22.7. The van der Waals surface area contributed by atoms with E-state index in [-0.39, 0.29) is 18.6 Å². The van der Waals surface area contributed by atoms with Crippen molar-refractivity contribution in [3.05, 3.63) is 53.6 Å². The maximum Gasteiger partial charge on any atom is 0.329 e. The molecule has 4 N–H and O–H groups in total. The number of rotatable bonds is 10. The SMILES string of the molecule is O=C(O)CC(C1CCCCC1)N(Cc1ccc(CP(=O)(O)O)cc1)Cc1ncc[nH]1. The minimum Gasteiger partial charge on any atom is -0.481 e. The molecule has 3 rings (SSSR count). The van der Waals surface area contributed by atoms with E-state index in [0.29, 0.717) is 24.6 Å². The summed E-state index contributed by atoms with van der Waals surface area (Å²) in [5.74, 6) is 0.324. The minimum absolute atomic E-state index is 0.0850. The van der Waals surface area contributed by atoms with E-state index in [9.17, 15) is 14.5 Å². The summed E-state index contributed by atoms with van der Waals surface area (Å²) >= 11 is 0. The first-order valence-electron chi connectivity index (χ1n) is 10.4. The Morgan fingerprint density at radius 3 is 2.37 bits per heavy atom. The van der Waals surface area contributed by atoms with Gasteiger partial charge in [0.2, 0.25) is 0 Å². The van der Waals surface area contributed by atoms with Gasteiger partial charge in [0, 0.05) is 25.0 Å². The second-order valence-electron chi connectivity index (χ2n) is 8.14. The molecule has 0 radical (unpaired) electrons. The summed E-state index contributed by atoms with van der Waals surface area (Å²) in [7, 11) is -4.11. The lowest BCUT2D eigenvalue weighted by atomic mass is 9.81. The van der Waals surface area contributed by atoms with Crippen LogP contribution in [0.4, 0.5) is 0 Å². The van der Waals surface area contributed by atoms with Gasteiger partial charge < -0.3 is 19.9 Å². The molecule has 1 unspecified atom stereocenters. The molecular weight excluding hydrogens is 405 g/mol. The van der Waals surface area contributed by atoms with E-state index in [1.165, 1.54) is 6.42 Å². The van der Waals surface area contributed by atoms with Crippen LogP contribution < -0.4 is 0 Å². The van der Waals surface area contributed by atoms with Crippen LogP contribution in [0.5, 0.6) is 0 Å². The Kier molecular flexibility index (Phi) is 7.83. The maximum absolute atomic E-state index is 11.7. The largest absolute Gasteiger partial charge is 0.481 e. The van der Waals surface area contributed by atoms with Crippen LogP contribution in [0.2, 0.25) is 0 Å². The molecule has 1 fully saturated rings. The van der Waals surface area contributed by atoms with Gasteiger partial charge in [0.1, 0.15) is 5.82 Å². The molecule has 1 aromatic carbocycles. The molecule has 0 bridgehead atoms. The highest BCUT2D eigenvalue weighted by atomic mass is 31.2. The van der Waals surface area contributed by atoms with Crippen LogP contribution in [0.3, 0.4) is 0 Å². The summed E-state index contributed by atoms with van der Waals surface area (Å²) in [4.78, 5) is 39.6. The van der Waals surface area contributed by atoms with Crippen LogP contribution in [0.25, 0.3) is 0 Å². The molecule has 1 atom stereocenters. The van der Waals surface area contributed by atoms with Crippen molar-refractivity contribution in [3.8, 4) is 0 Å². The predicted molar refractivity (Wildman–Crippen MR) is 113 cm³/mol. The number of hydrogen-bond acceptors (Lipinski definition) is 4. The van der Waals surface area contributed by atoms with Crippen LogP contribution in [0, 0.1) is 5.92 Å². The number of aromatic nitrogens is 2. The zero-order chi connectivity index (χ0) is 21.6. The number of hydrogen-bond donors (Lipinski definition) is 4. The maximum atomic E-state index is 11.7. The average Bonchev–Trinajstić information content (AvgIpc) is 3.20. The normalized spacial score (nSPS) is 16.6. The molecular formula is C21H30N3O5P. The van der Waals surface area contributed by atoms with Gasteiger partial charge in [0.05, 0.1) is 19.1 Å². The second-order valence-corrected chi connectivity index (χ2v) is 9.79. The summed E-state index contributed by atoms with van der Waals surface area (Å²) in [6.07, 6.45) is 8.79. The molecule has 30 heavy (non-hydrogen) atoms. The van der Waals surface area contributed by atoms with Crippen LogP contribution >= 0.6 is 7.60 Å². The molecule has 1 heterocycles. The van der Waals surface area contributed by atoms with Crippen LogP contribution in [0.15, 0.2) is 36.7 Å². The summed E-state index contributed by atoms with van der Waals surface area (Å²) < 4.78 is 11.2. The average molecular weight is 435 g/mol. The fourth-order valence-corrected chi connectivity index (χ4v) is 5.07. The van der Waals surface area contributed by atoms with Gasteiger partial charge in [-0.25, -0.2) is 4.98 Å². The minimum atomic E-state index is -4.11. The lowest BCUT2D eigenvalue weighted by molar-refractivity contribution is -0.139. The van der Waals surface area contributed by atoms with Crippen LogP contribution in [0.1, 0.15) is 55.5 Å². The number of aromatic amines is 1. The van der Waals surface area contributed by atoms with Crippen molar-refractivity contribution in [1.82, 2.24) is 14.9 Å². The van der Waals surface area contributed by atoms with Gasteiger partial charge in [-0.15, -0.1) is 0 Å². The van der Waals surface area contributed by atoms with E-state index in [1.54, 1.807) is 24.5 Å². The third kappa shape index (κ3) is 7.06. The van der Waals surface area contributed by atoms with Crippen LogP contribution in [-0.2, 0) is 28.6 Å². The van der Waals surface area contributed by atoms with E-state index in [1.807, 2.05) is 12.1 Å². The molecule has 0 amide bonds. The topological polar surface area (TPSA) is 127 Å². The smallest absolute Gasteiger partial charge is 0.329 e. The molecule has 0 saturated heterocycles. The van der Waals surface area contributed by atoms with E-state index < -0.39 is 13.6 Å². The highest BCUT2D eigenvalue weighted by molar-refractivity contribution is 7.50. The molecule has 1 saturated carbocycles. The molecule has 9 heteroatoms. The number of carboxylic acid groups (broad SMARTS) is 1. The lowest BCUT2D eigenvalue weighted by Crippen LogP contribution is -2.42. The first-order valence-corrected chi connectivity index (χ1v) is 12.2. The fraction of sp³-hybridized carbons (Fsp3) is 0.524. The Bertz CT molecular complexity index is 844. The molecule has 1 aliphatic rings. The van der Waals surface area contributed by atoms with Gasteiger partial charge in [-0.1, -0.05) is 43.5 Å². The highest BCUT2D eigenvalue weighted by Gasteiger charge is 2.31. The van der Waals surface area contributed by atoms with Gasteiger partial charge in [0.15, 0.2) is 0 Å². The Morgan fingerprint density at radius 2 is 1.80 bits per heavy atom. The Morgan fingerprint density at radius 1 is 1.13 bits per heavy atom. The van der Waals surface area contributed by atoms with Gasteiger partial charge in [-0.05, 0) is 29.9 Å². The summed E-state index contributed by atoms with van der Waals surface area (Å²) in [5, 5.41) is 9.58. The quantitative estimate of drug-likeness (QED) is 0.421. The number of benzene rings is 1. The van der Waals surface area contributed by atoms with Crippen molar-refractivity contribution >= 4 is 13.6 Å². The molecule has 164 valence electrons. The molecule has 8 nitrogen and oxygen atoms in total. The Labute approximate surface area is 176 Å². The van der Waals surface area contributed by atoms with E-state index in [2.05, 4.69) is 14.9 Å². The van der Waals surface area contributed by atoms with Crippen molar-refractivity contribution in [3.63, 3.8) is 0 Å². The monoisotopic (exact) mass is 435 g/mol. The number of aliphatic carboxylic acids is 1. The first-order chi connectivity index (χ1) is 14.3. The lowest BCUT2D eigenvalue weighted by Gasteiger charge is -2.38. The third-order valence-electron chi connectivity index (χ3n) is 5.75. The molecule has 1 aromatic heterocycles. The van der Waals surface area contributed by atoms with Crippen LogP contribution in [-0.4, -0.2) is 41.8 Å². The molecule has 0 spiro atoms. The van der Waals surface area contributed by atoms with E-state index in [0.717, 1.165) is 37.1 Å². The molecule has 0 aliphatic heterocycles. The zero-order valence-corrected chi connectivity index (χ0v) is 17.9. The van der Waals surface area contributed by atoms with Crippen molar-refractivity contribution in [2.45, 2.75) is 63.8 Å². The van der Waals surface area contributed by atoms with Gasteiger partial charge in [0.25, 0.3) is 0 Å². The summed E-state index contributed by atoms with van der Waals surface area (Å²) in [5.41, 5.74) is 1.56. The third-order valence-corrected chi connectivity index (χ3v) is 6.53. The second kappa shape index (κ2) is 10.4. The molecule has 2 aromatic rings. The predicted octanol–water partition coefficient (Wildman–Crippen LogP) is 3.51. The van der Waals surface area contributed by atoms with Crippen molar-refractivity contribution < 1.29 is 24.3 Å². The van der Waals surface area contributed by atoms with Gasteiger partial charge in [-0.3, -0.25) is 14.3 Å². The number of carbonyl (C=O) groups is 1. The fourth-order valence-electron chi connectivity index (χ4n) is 4.38. The van der Waals surface area contributed by atoms with Crippen molar-refractivity contribution in [1.29, 1.82) is 0 Å². The standard InChI is InChI=1S/C21H30N3O5P/c25-21(26)12-19(18-4-2-1-3-5-18)24(14-20-22-10-11-23-20)13-16-6-8-17(9-7-16)15-30(27,28)29/h6-11,18-19H,1-5,12-15H2,(H,22,23)(H,25,26)(H2,27,28,29). The zero-order valence-electron chi connectivity index (χ0n) is 17.0. The number of imidazole rings is 1.